The Bertz CT molecular complexity index is 359. The van der Waals surface area contributed by atoms with Crippen molar-refractivity contribution in [2.45, 2.75) is 17.7 Å². The van der Waals surface area contributed by atoms with Crippen LogP contribution in [-0.4, -0.2) is 25.1 Å². The third-order valence-corrected chi connectivity index (χ3v) is 2.90. The second kappa shape index (κ2) is 6.33. The maximum Gasteiger partial charge on any atom is 0.320 e. The first-order chi connectivity index (χ1) is 7.72. The molecule has 0 aliphatic rings. The highest BCUT2D eigenvalue weighted by atomic mass is 32.2. The van der Waals surface area contributed by atoms with Gasteiger partial charge in [0.2, 0.25) is 0 Å². The zero-order valence-corrected chi connectivity index (χ0v) is 10.1. The lowest BCUT2D eigenvalue weighted by Crippen LogP contribution is -2.17. The average Bonchev–Trinajstić information content (AvgIpc) is 2.31. The predicted octanol–water partition coefficient (Wildman–Crippen LogP) is 2.25. The van der Waals surface area contributed by atoms with E-state index in [4.69, 9.17) is 4.74 Å². The summed E-state index contributed by atoms with van der Waals surface area (Å²) >= 11 is 1.61. The fraction of sp³-hybridized carbons (Fsp3) is 0.333. The Balaban J connectivity index is 2.86. The summed E-state index contributed by atoms with van der Waals surface area (Å²) in [6.07, 6.45) is 2.59. The topological polar surface area (TPSA) is 43.4 Å². The summed E-state index contributed by atoms with van der Waals surface area (Å²) in [5.41, 5.74) is 0.672. The normalized spacial score (nSPS) is 11.9. The molecule has 3 nitrogen and oxygen atoms in total. The van der Waals surface area contributed by atoms with Gasteiger partial charge in [0.1, 0.15) is 12.2 Å². The monoisotopic (exact) mass is 238 g/mol. The number of hydrogen-bond acceptors (Lipinski definition) is 4. The number of rotatable bonds is 5. The Kier molecular flexibility index (Phi) is 5.05. The second-order valence-electron chi connectivity index (χ2n) is 3.14. The van der Waals surface area contributed by atoms with Crippen molar-refractivity contribution in [3.05, 3.63) is 29.8 Å². The number of hydrogen-bond donors (Lipinski definition) is 0. The quantitative estimate of drug-likeness (QED) is 0.341. The summed E-state index contributed by atoms with van der Waals surface area (Å²) in [5.74, 6) is -1.30. The average molecular weight is 238 g/mol. The van der Waals surface area contributed by atoms with Gasteiger partial charge < -0.3 is 9.53 Å². The molecule has 0 aliphatic carbocycles. The van der Waals surface area contributed by atoms with E-state index in [-0.39, 0.29) is 6.61 Å². The number of esters is 1. The summed E-state index contributed by atoms with van der Waals surface area (Å²) in [4.78, 5) is 23.4. The van der Waals surface area contributed by atoms with Gasteiger partial charge in [0.05, 0.1) is 6.61 Å². The van der Waals surface area contributed by atoms with Gasteiger partial charge in [-0.1, -0.05) is 12.1 Å². The minimum absolute atomic E-state index is 0.284. The van der Waals surface area contributed by atoms with Gasteiger partial charge in [0.15, 0.2) is 0 Å². The molecule has 0 aromatic heterocycles. The molecule has 0 radical (unpaired) electrons. The van der Waals surface area contributed by atoms with Gasteiger partial charge in [-0.2, -0.15) is 0 Å². The van der Waals surface area contributed by atoms with E-state index in [9.17, 15) is 9.59 Å². The van der Waals surface area contributed by atoms with E-state index in [1.165, 1.54) is 0 Å². The van der Waals surface area contributed by atoms with Crippen LogP contribution in [0.4, 0.5) is 0 Å². The Labute approximate surface area is 99.2 Å². The summed E-state index contributed by atoms with van der Waals surface area (Å²) in [6, 6.07) is 7.33. The van der Waals surface area contributed by atoms with Crippen LogP contribution in [0, 0.1) is 0 Å². The van der Waals surface area contributed by atoms with Crippen molar-refractivity contribution in [2.75, 3.05) is 12.9 Å². The minimum Gasteiger partial charge on any atom is -0.465 e. The summed E-state index contributed by atoms with van der Waals surface area (Å²) in [5, 5.41) is 0. The van der Waals surface area contributed by atoms with Crippen LogP contribution in [0.2, 0.25) is 0 Å². The number of benzene rings is 1. The second-order valence-corrected chi connectivity index (χ2v) is 4.02. The molecule has 0 saturated carbocycles. The molecule has 86 valence electrons. The molecule has 0 amide bonds. The van der Waals surface area contributed by atoms with Gasteiger partial charge >= 0.3 is 5.97 Å². The highest BCUT2D eigenvalue weighted by Gasteiger charge is 2.20. The molecule has 16 heavy (non-hydrogen) atoms. The van der Waals surface area contributed by atoms with Crippen molar-refractivity contribution >= 4 is 24.0 Å². The first-order valence-corrected chi connectivity index (χ1v) is 6.21. The largest absolute Gasteiger partial charge is 0.465 e. The van der Waals surface area contributed by atoms with Crippen molar-refractivity contribution in [1.82, 2.24) is 0 Å². The van der Waals surface area contributed by atoms with E-state index in [0.717, 1.165) is 4.90 Å². The van der Waals surface area contributed by atoms with E-state index in [1.807, 2.05) is 18.4 Å². The molecule has 0 unspecified atom stereocenters. The van der Waals surface area contributed by atoms with Crippen molar-refractivity contribution < 1.29 is 14.3 Å². The van der Waals surface area contributed by atoms with Gasteiger partial charge in [-0.05, 0) is 30.9 Å². The van der Waals surface area contributed by atoms with Crippen LogP contribution in [-0.2, 0) is 14.3 Å². The highest BCUT2D eigenvalue weighted by Crippen LogP contribution is 2.20. The zero-order chi connectivity index (χ0) is 12.0. The number of carbonyl (C=O) groups excluding carboxylic acids is 2. The first kappa shape index (κ1) is 12.8. The molecule has 0 spiro atoms. The third-order valence-electron chi connectivity index (χ3n) is 2.15. The maximum atomic E-state index is 11.5. The number of aldehydes is 1. The van der Waals surface area contributed by atoms with Crippen LogP contribution in [0.3, 0.4) is 0 Å². The summed E-state index contributed by atoms with van der Waals surface area (Å²) in [7, 11) is 0. The zero-order valence-electron chi connectivity index (χ0n) is 9.30. The lowest BCUT2D eigenvalue weighted by molar-refractivity contribution is -0.146. The minimum atomic E-state index is -0.809. The molecule has 0 N–H and O–H groups in total. The van der Waals surface area contributed by atoms with Crippen LogP contribution in [0.1, 0.15) is 18.4 Å². The van der Waals surface area contributed by atoms with E-state index in [0.29, 0.717) is 11.8 Å². The SMILES string of the molecule is CCOC(=O)[C@@H](C=O)c1ccc(SC)cc1. The molecule has 1 aromatic rings. The first-order valence-electron chi connectivity index (χ1n) is 4.98. The molecule has 0 aliphatic heterocycles. The molecule has 0 fully saturated rings. The maximum absolute atomic E-state index is 11.5. The Morgan fingerprint density at radius 1 is 1.44 bits per heavy atom. The number of thioether (sulfide) groups is 1. The molecule has 0 heterocycles. The smallest absolute Gasteiger partial charge is 0.320 e. The molecular weight excluding hydrogens is 224 g/mol. The van der Waals surface area contributed by atoms with Crippen molar-refractivity contribution in [1.29, 1.82) is 0 Å². The molecule has 1 atom stereocenters. The fourth-order valence-electron chi connectivity index (χ4n) is 1.31. The highest BCUT2D eigenvalue weighted by molar-refractivity contribution is 7.98. The Morgan fingerprint density at radius 3 is 2.50 bits per heavy atom. The Hall–Kier alpha value is -1.29. The van der Waals surface area contributed by atoms with Crippen LogP contribution >= 0.6 is 11.8 Å². The summed E-state index contributed by atoms with van der Waals surface area (Å²) in [6.45, 7) is 2.00. The van der Waals surface area contributed by atoms with Crippen LogP contribution < -0.4 is 0 Å². The van der Waals surface area contributed by atoms with Crippen molar-refractivity contribution in [3.8, 4) is 0 Å². The van der Waals surface area contributed by atoms with Crippen LogP contribution in [0.25, 0.3) is 0 Å². The molecule has 1 aromatic carbocycles. The standard InChI is InChI=1S/C12H14O3S/c1-3-15-12(14)11(8-13)9-4-6-10(16-2)7-5-9/h4-8,11H,3H2,1-2H3/t11-/m0/s1. The van der Waals surface area contributed by atoms with Crippen molar-refractivity contribution in [2.24, 2.45) is 0 Å². The Morgan fingerprint density at radius 2 is 2.06 bits per heavy atom. The lowest BCUT2D eigenvalue weighted by atomic mass is 10.0. The van der Waals surface area contributed by atoms with Gasteiger partial charge in [0, 0.05) is 4.90 Å². The molecule has 0 bridgehead atoms. The van der Waals surface area contributed by atoms with E-state index >= 15 is 0 Å². The van der Waals surface area contributed by atoms with Crippen molar-refractivity contribution in [3.63, 3.8) is 0 Å². The summed E-state index contributed by atoms with van der Waals surface area (Å²) < 4.78 is 4.83. The van der Waals surface area contributed by atoms with Gasteiger partial charge in [-0.15, -0.1) is 11.8 Å². The van der Waals surface area contributed by atoms with Gasteiger partial charge in [-0.3, -0.25) is 4.79 Å². The van der Waals surface area contributed by atoms with E-state index in [1.54, 1.807) is 30.8 Å². The molecular formula is C12H14O3S. The van der Waals surface area contributed by atoms with Crippen LogP contribution in [0.15, 0.2) is 29.2 Å². The van der Waals surface area contributed by atoms with Gasteiger partial charge in [-0.25, -0.2) is 0 Å². The van der Waals surface area contributed by atoms with E-state index in [2.05, 4.69) is 0 Å². The fourth-order valence-corrected chi connectivity index (χ4v) is 1.72. The number of ether oxygens (including phenoxy) is 1. The molecule has 1 rings (SSSR count). The third kappa shape index (κ3) is 3.10. The van der Waals surface area contributed by atoms with Gasteiger partial charge in [0.25, 0.3) is 0 Å². The molecule has 0 saturated heterocycles. The van der Waals surface area contributed by atoms with E-state index < -0.39 is 11.9 Å². The lowest BCUT2D eigenvalue weighted by Gasteiger charge is -2.09. The van der Waals surface area contributed by atoms with Crippen LogP contribution in [0.5, 0.6) is 0 Å². The predicted molar refractivity (Wildman–Crippen MR) is 63.7 cm³/mol. The number of carbonyl (C=O) groups is 2. The molecule has 4 heteroatoms.